The summed E-state index contributed by atoms with van der Waals surface area (Å²) in [5.41, 5.74) is 1.71. The lowest BCUT2D eigenvalue weighted by Crippen LogP contribution is -2.31. The van der Waals surface area contributed by atoms with Gasteiger partial charge < -0.3 is 4.90 Å². The average Bonchev–Trinajstić information content (AvgIpc) is 2.81. The van der Waals surface area contributed by atoms with Gasteiger partial charge in [0.1, 0.15) is 5.82 Å². The molecule has 0 N–H and O–H groups in total. The molecule has 0 radical (unpaired) electrons. The molecule has 5 heteroatoms. The predicted octanol–water partition coefficient (Wildman–Crippen LogP) is 4.12. The van der Waals surface area contributed by atoms with E-state index in [0.717, 1.165) is 31.6 Å². The molecule has 0 unspecified atom stereocenters. The van der Waals surface area contributed by atoms with E-state index in [1.807, 2.05) is 4.90 Å². The first-order valence-electron chi connectivity index (χ1n) is 8.21. The Balaban J connectivity index is 1.67. The number of nitrogens with zero attached hydrogens (tertiary/aromatic N) is 2. The fraction of sp³-hybridized carbons (Fsp3) is 0.368. The van der Waals surface area contributed by atoms with Crippen LogP contribution in [0.2, 0.25) is 0 Å². The fourth-order valence-electron chi connectivity index (χ4n) is 3.10. The summed E-state index contributed by atoms with van der Waals surface area (Å²) in [6.45, 7) is 5.27. The van der Waals surface area contributed by atoms with Gasteiger partial charge in [0.05, 0.1) is 5.69 Å². The van der Waals surface area contributed by atoms with Crippen molar-refractivity contribution >= 4 is 5.69 Å². The van der Waals surface area contributed by atoms with Gasteiger partial charge >= 0.3 is 0 Å². The molecule has 2 aromatic carbocycles. The van der Waals surface area contributed by atoms with Crippen LogP contribution in [0.25, 0.3) is 0 Å². The second-order valence-corrected chi connectivity index (χ2v) is 6.27. The van der Waals surface area contributed by atoms with E-state index in [1.165, 1.54) is 12.1 Å². The molecule has 1 aliphatic heterocycles. The normalized spacial score (nSPS) is 16.2. The topological polar surface area (TPSA) is 6.48 Å². The maximum atomic E-state index is 14.2. The molecule has 2 nitrogen and oxygen atoms in total. The number of rotatable bonds is 3. The molecule has 0 aromatic heterocycles. The summed E-state index contributed by atoms with van der Waals surface area (Å²) in [5, 5.41) is 0. The second-order valence-electron chi connectivity index (χ2n) is 6.27. The maximum Gasteiger partial charge on any atom is 0.182 e. The van der Waals surface area contributed by atoms with Crippen molar-refractivity contribution in [3.63, 3.8) is 0 Å². The molecule has 1 aliphatic rings. The average molecular weight is 334 g/mol. The molecule has 1 heterocycles. The third-order valence-corrected chi connectivity index (χ3v) is 4.50. The van der Waals surface area contributed by atoms with Crippen molar-refractivity contribution in [2.75, 3.05) is 31.1 Å². The summed E-state index contributed by atoms with van der Waals surface area (Å²) in [7, 11) is 0. The van der Waals surface area contributed by atoms with Crippen molar-refractivity contribution < 1.29 is 13.2 Å². The quantitative estimate of drug-likeness (QED) is 0.833. The number of halogens is 3. The monoisotopic (exact) mass is 334 g/mol. The molecule has 0 bridgehead atoms. The number of anilines is 1. The summed E-state index contributed by atoms with van der Waals surface area (Å²) in [6, 6.07) is 9.77. The predicted molar refractivity (Wildman–Crippen MR) is 89.6 cm³/mol. The van der Waals surface area contributed by atoms with Gasteiger partial charge in [-0.1, -0.05) is 18.2 Å². The van der Waals surface area contributed by atoms with Crippen LogP contribution in [0.4, 0.5) is 18.9 Å². The van der Waals surface area contributed by atoms with Crippen molar-refractivity contribution in [2.24, 2.45) is 0 Å². The van der Waals surface area contributed by atoms with Crippen molar-refractivity contribution in [3.05, 3.63) is 65.0 Å². The van der Waals surface area contributed by atoms with Crippen LogP contribution in [0.3, 0.4) is 0 Å². The highest BCUT2D eigenvalue weighted by atomic mass is 19.2. The lowest BCUT2D eigenvalue weighted by molar-refractivity contribution is 0.285. The third-order valence-electron chi connectivity index (χ3n) is 4.50. The van der Waals surface area contributed by atoms with E-state index in [9.17, 15) is 13.2 Å². The zero-order chi connectivity index (χ0) is 17.1. The molecule has 0 spiro atoms. The van der Waals surface area contributed by atoms with E-state index in [0.29, 0.717) is 24.3 Å². The molecule has 1 fully saturated rings. The molecule has 2 aromatic rings. The van der Waals surface area contributed by atoms with Crippen LogP contribution in [0.1, 0.15) is 17.5 Å². The Morgan fingerprint density at radius 2 is 1.58 bits per heavy atom. The van der Waals surface area contributed by atoms with Gasteiger partial charge in [-0.25, -0.2) is 13.2 Å². The first-order chi connectivity index (χ1) is 11.5. The molecule has 0 saturated carbocycles. The van der Waals surface area contributed by atoms with E-state index in [-0.39, 0.29) is 5.82 Å². The highest BCUT2D eigenvalue weighted by molar-refractivity contribution is 5.50. The van der Waals surface area contributed by atoms with Crippen molar-refractivity contribution in [2.45, 2.75) is 19.9 Å². The van der Waals surface area contributed by atoms with Crippen LogP contribution < -0.4 is 4.90 Å². The Morgan fingerprint density at radius 3 is 2.33 bits per heavy atom. The minimum Gasteiger partial charge on any atom is -0.368 e. The van der Waals surface area contributed by atoms with Crippen LogP contribution in [-0.2, 0) is 6.54 Å². The van der Waals surface area contributed by atoms with Gasteiger partial charge in [-0.2, -0.15) is 0 Å². The van der Waals surface area contributed by atoms with E-state index < -0.39 is 11.6 Å². The van der Waals surface area contributed by atoms with Crippen molar-refractivity contribution in [3.8, 4) is 0 Å². The van der Waals surface area contributed by atoms with Gasteiger partial charge in [-0.3, -0.25) is 4.90 Å². The molecule has 0 amide bonds. The Kier molecular flexibility index (Phi) is 5.09. The summed E-state index contributed by atoms with van der Waals surface area (Å²) in [5.74, 6) is -1.76. The molecule has 128 valence electrons. The molecule has 24 heavy (non-hydrogen) atoms. The Bertz CT molecular complexity index is 701. The van der Waals surface area contributed by atoms with Crippen molar-refractivity contribution in [1.82, 2.24) is 4.90 Å². The highest BCUT2D eigenvalue weighted by Crippen LogP contribution is 2.25. The van der Waals surface area contributed by atoms with Gasteiger partial charge in [-0.05, 0) is 42.7 Å². The fourth-order valence-corrected chi connectivity index (χ4v) is 3.10. The largest absolute Gasteiger partial charge is 0.368 e. The highest BCUT2D eigenvalue weighted by Gasteiger charge is 2.20. The molecule has 0 aliphatic carbocycles. The van der Waals surface area contributed by atoms with E-state index >= 15 is 0 Å². The number of benzene rings is 2. The minimum absolute atomic E-state index is 0.238. The molecular formula is C19H21F3N2. The van der Waals surface area contributed by atoms with Crippen LogP contribution in [0, 0.1) is 24.4 Å². The lowest BCUT2D eigenvalue weighted by atomic mass is 10.2. The van der Waals surface area contributed by atoms with Crippen LogP contribution in [0.15, 0.2) is 36.4 Å². The van der Waals surface area contributed by atoms with E-state index in [4.69, 9.17) is 0 Å². The lowest BCUT2D eigenvalue weighted by Gasteiger charge is -2.24. The number of aryl methyl sites for hydroxylation is 1. The Hall–Kier alpha value is -2.01. The zero-order valence-electron chi connectivity index (χ0n) is 13.7. The number of hydrogen-bond acceptors (Lipinski definition) is 2. The van der Waals surface area contributed by atoms with Gasteiger partial charge in [0.25, 0.3) is 0 Å². The minimum atomic E-state index is -0.764. The summed E-state index contributed by atoms with van der Waals surface area (Å²) >= 11 is 0. The standard InChI is InChI=1S/C19H21F3N2/c1-14-3-8-17(19(22)18(14)21)24-10-2-9-23(11-12-24)13-15-4-6-16(20)7-5-15/h3-8H,2,9-13H2,1H3. The first kappa shape index (κ1) is 16.8. The summed E-state index contributed by atoms with van der Waals surface area (Å²) < 4.78 is 41.0. The second kappa shape index (κ2) is 7.26. The molecular weight excluding hydrogens is 313 g/mol. The Labute approximate surface area is 140 Å². The van der Waals surface area contributed by atoms with E-state index in [2.05, 4.69) is 4.90 Å². The SMILES string of the molecule is Cc1ccc(N2CCCN(Cc3ccc(F)cc3)CC2)c(F)c1F. The van der Waals surface area contributed by atoms with Crippen molar-refractivity contribution in [1.29, 1.82) is 0 Å². The summed E-state index contributed by atoms with van der Waals surface area (Å²) in [6.07, 6.45) is 0.871. The van der Waals surface area contributed by atoms with Crippen LogP contribution in [0.5, 0.6) is 0 Å². The van der Waals surface area contributed by atoms with Gasteiger partial charge in [0.15, 0.2) is 11.6 Å². The smallest absolute Gasteiger partial charge is 0.182 e. The van der Waals surface area contributed by atoms with Gasteiger partial charge in [0, 0.05) is 32.7 Å². The molecule has 1 saturated heterocycles. The first-order valence-corrected chi connectivity index (χ1v) is 8.21. The third kappa shape index (κ3) is 3.73. The molecule has 3 rings (SSSR count). The number of hydrogen-bond donors (Lipinski definition) is 0. The van der Waals surface area contributed by atoms with Gasteiger partial charge in [-0.15, -0.1) is 0 Å². The zero-order valence-corrected chi connectivity index (χ0v) is 13.7. The Morgan fingerprint density at radius 1 is 0.833 bits per heavy atom. The van der Waals surface area contributed by atoms with Crippen LogP contribution in [-0.4, -0.2) is 31.1 Å². The van der Waals surface area contributed by atoms with Gasteiger partial charge in [0.2, 0.25) is 0 Å². The maximum absolute atomic E-state index is 14.2. The molecule has 0 atom stereocenters. The summed E-state index contributed by atoms with van der Waals surface area (Å²) in [4.78, 5) is 4.16. The van der Waals surface area contributed by atoms with E-state index in [1.54, 1.807) is 31.2 Å². The van der Waals surface area contributed by atoms with Crippen LogP contribution >= 0.6 is 0 Å².